The second-order valence-electron chi connectivity index (χ2n) is 5.77. The standard InChI is InChI=1S/C15H25NO/c1-9-7-10(2)12(4)13(11(9)3)14(17)15(5,6)8-16/h7,14,17H,8,16H2,1-6H3. The first-order valence-corrected chi connectivity index (χ1v) is 6.17. The van der Waals surface area contributed by atoms with E-state index in [1.165, 1.54) is 22.3 Å². The van der Waals surface area contributed by atoms with Gasteiger partial charge in [0.05, 0.1) is 6.10 Å². The zero-order valence-electron chi connectivity index (χ0n) is 11.9. The maximum atomic E-state index is 10.6. The van der Waals surface area contributed by atoms with Crippen LogP contribution in [0.3, 0.4) is 0 Å². The van der Waals surface area contributed by atoms with Crippen LogP contribution in [0.15, 0.2) is 6.07 Å². The predicted octanol–water partition coefficient (Wildman–Crippen LogP) is 2.94. The van der Waals surface area contributed by atoms with Crippen molar-refractivity contribution in [3.63, 3.8) is 0 Å². The largest absolute Gasteiger partial charge is 0.388 e. The molecular formula is C15H25NO. The highest BCUT2D eigenvalue weighted by molar-refractivity contribution is 5.45. The van der Waals surface area contributed by atoms with Gasteiger partial charge in [0.25, 0.3) is 0 Å². The summed E-state index contributed by atoms with van der Waals surface area (Å²) < 4.78 is 0. The van der Waals surface area contributed by atoms with Gasteiger partial charge in [0.1, 0.15) is 0 Å². The predicted molar refractivity (Wildman–Crippen MR) is 73.2 cm³/mol. The molecular weight excluding hydrogens is 210 g/mol. The zero-order valence-corrected chi connectivity index (χ0v) is 11.9. The molecule has 2 nitrogen and oxygen atoms in total. The van der Waals surface area contributed by atoms with Crippen molar-refractivity contribution < 1.29 is 5.11 Å². The van der Waals surface area contributed by atoms with Crippen molar-refractivity contribution in [3.05, 3.63) is 33.9 Å². The molecule has 17 heavy (non-hydrogen) atoms. The molecule has 0 saturated heterocycles. The molecule has 0 radical (unpaired) electrons. The summed E-state index contributed by atoms with van der Waals surface area (Å²) in [5, 5.41) is 10.6. The summed E-state index contributed by atoms with van der Waals surface area (Å²) in [5.41, 5.74) is 11.3. The van der Waals surface area contributed by atoms with Crippen molar-refractivity contribution in [1.82, 2.24) is 0 Å². The minimum absolute atomic E-state index is 0.296. The summed E-state index contributed by atoms with van der Waals surface area (Å²) in [6, 6.07) is 2.18. The Morgan fingerprint density at radius 3 is 1.88 bits per heavy atom. The van der Waals surface area contributed by atoms with Crippen molar-refractivity contribution in [2.45, 2.75) is 47.6 Å². The summed E-state index contributed by atoms with van der Waals surface area (Å²) in [5.74, 6) is 0. The Kier molecular flexibility index (Phi) is 4.00. The Bertz CT molecular complexity index is 395. The second-order valence-corrected chi connectivity index (χ2v) is 5.77. The fraction of sp³-hybridized carbons (Fsp3) is 0.600. The maximum absolute atomic E-state index is 10.6. The van der Waals surface area contributed by atoms with Crippen molar-refractivity contribution in [2.24, 2.45) is 11.1 Å². The molecule has 3 N–H and O–H groups in total. The summed E-state index contributed by atoms with van der Waals surface area (Å²) in [4.78, 5) is 0. The minimum Gasteiger partial charge on any atom is -0.388 e. The Morgan fingerprint density at radius 2 is 1.53 bits per heavy atom. The summed E-state index contributed by atoms with van der Waals surface area (Å²) in [6.45, 7) is 12.8. The molecule has 2 heteroatoms. The van der Waals surface area contributed by atoms with Gasteiger partial charge >= 0.3 is 0 Å². The van der Waals surface area contributed by atoms with E-state index in [2.05, 4.69) is 33.8 Å². The number of nitrogens with two attached hydrogens (primary N) is 1. The van der Waals surface area contributed by atoms with E-state index in [4.69, 9.17) is 5.73 Å². The van der Waals surface area contributed by atoms with Crippen LogP contribution >= 0.6 is 0 Å². The molecule has 0 saturated carbocycles. The lowest BCUT2D eigenvalue weighted by Crippen LogP contribution is -2.31. The molecule has 0 bridgehead atoms. The van der Waals surface area contributed by atoms with Crippen LogP contribution in [0, 0.1) is 33.1 Å². The van der Waals surface area contributed by atoms with Gasteiger partial charge in [-0.25, -0.2) is 0 Å². The van der Waals surface area contributed by atoms with Crippen molar-refractivity contribution in [1.29, 1.82) is 0 Å². The summed E-state index contributed by atoms with van der Waals surface area (Å²) >= 11 is 0. The Labute approximate surface area is 105 Å². The molecule has 0 aliphatic carbocycles. The van der Waals surface area contributed by atoms with Gasteiger partial charge in [0.2, 0.25) is 0 Å². The van der Waals surface area contributed by atoms with Crippen LogP contribution < -0.4 is 5.73 Å². The summed E-state index contributed by atoms with van der Waals surface area (Å²) in [7, 11) is 0. The number of rotatable bonds is 3. The van der Waals surface area contributed by atoms with Gasteiger partial charge < -0.3 is 10.8 Å². The highest BCUT2D eigenvalue weighted by Gasteiger charge is 2.30. The molecule has 0 heterocycles. The molecule has 1 aromatic rings. The zero-order chi connectivity index (χ0) is 13.4. The van der Waals surface area contributed by atoms with Crippen LogP contribution in [0.2, 0.25) is 0 Å². The fourth-order valence-corrected chi connectivity index (χ4v) is 2.16. The van der Waals surface area contributed by atoms with E-state index in [-0.39, 0.29) is 5.41 Å². The lowest BCUT2D eigenvalue weighted by atomic mass is 9.78. The molecule has 1 rings (SSSR count). The van der Waals surface area contributed by atoms with E-state index < -0.39 is 6.10 Å². The average molecular weight is 235 g/mol. The number of aliphatic hydroxyl groups excluding tert-OH is 1. The fourth-order valence-electron chi connectivity index (χ4n) is 2.16. The Hall–Kier alpha value is -0.860. The first kappa shape index (κ1) is 14.2. The van der Waals surface area contributed by atoms with Crippen molar-refractivity contribution in [3.8, 4) is 0 Å². The maximum Gasteiger partial charge on any atom is 0.0858 e. The molecule has 1 unspecified atom stereocenters. The highest BCUT2D eigenvalue weighted by Crippen LogP contribution is 2.37. The van der Waals surface area contributed by atoms with Crippen LogP contribution in [-0.4, -0.2) is 11.7 Å². The molecule has 1 aromatic carbocycles. The van der Waals surface area contributed by atoms with Crippen LogP contribution in [-0.2, 0) is 0 Å². The van der Waals surface area contributed by atoms with Gasteiger partial charge in [-0.05, 0) is 55.5 Å². The van der Waals surface area contributed by atoms with Gasteiger partial charge in [-0.2, -0.15) is 0 Å². The van der Waals surface area contributed by atoms with Crippen molar-refractivity contribution in [2.75, 3.05) is 6.54 Å². The molecule has 1 atom stereocenters. The van der Waals surface area contributed by atoms with Gasteiger partial charge in [0.15, 0.2) is 0 Å². The van der Waals surface area contributed by atoms with Crippen LogP contribution in [0.5, 0.6) is 0 Å². The molecule has 0 aliphatic rings. The van der Waals surface area contributed by atoms with E-state index >= 15 is 0 Å². The van der Waals surface area contributed by atoms with E-state index in [0.29, 0.717) is 6.54 Å². The van der Waals surface area contributed by atoms with E-state index in [9.17, 15) is 5.11 Å². The van der Waals surface area contributed by atoms with Gasteiger partial charge in [-0.15, -0.1) is 0 Å². The minimum atomic E-state index is -0.508. The molecule has 0 aromatic heterocycles. The Balaban J connectivity index is 3.41. The third kappa shape index (κ3) is 2.53. The van der Waals surface area contributed by atoms with Gasteiger partial charge in [0, 0.05) is 12.0 Å². The number of aryl methyl sites for hydroxylation is 2. The number of benzene rings is 1. The third-order valence-electron chi connectivity index (χ3n) is 3.96. The SMILES string of the molecule is Cc1cc(C)c(C)c(C(O)C(C)(C)CN)c1C. The smallest absolute Gasteiger partial charge is 0.0858 e. The molecule has 0 amide bonds. The molecule has 0 fully saturated rings. The number of hydrogen-bond acceptors (Lipinski definition) is 2. The normalized spacial score (nSPS) is 13.9. The molecule has 96 valence electrons. The number of hydrogen-bond donors (Lipinski definition) is 2. The number of aliphatic hydroxyl groups is 1. The molecule has 0 spiro atoms. The average Bonchev–Trinajstić information content (AvgIpc) is 2.26. The highest BCUT2D eigenvalue weighted by atomic mass is 16.3. The van der Waals surface area contributed by atoms with E-state index in [1.807, 2.05) is 13.8 Å². The lowest BCUT2D eigenvalue weighted by Gasteiger charge is -2.32. The Morgan fingerprint density at radius 1 is 1.12 bits per heavy atom. The van der Waals surface area contributed by atoms with Crippen molar-refractivity contribution >= 4 is 0 Å². The third-order valence-corrected chi connectivity index (χ3v) is 3.96. The quantitative estimate of drug-likeness (QED) is 0.846. The first-order chi connectivity index (χ1) is 7.72. The van der Waals surface area contributed by atoms with E-state index in [1.54, 1.807) is 0 Å². The molecule has 0 aliphatic heterocycles. The van der Waals surface area contributed by atoms with Crippen LogP contribution in [0.4, 0.5) is 0 Å². The van der Waals surface area contributed by atoms with Crippen LogP contribution in [0.1, 0.15) is 47.8 Å². The summed E-state index contributed by atoms with van der Waals surface area (Å²) in [6.07, 6.45) is -0.508. The van der Waals surface area contributed by atoms with Crippen LogP contribution in [0.25, 0.3) is 0 Å². The second kappa shape index (κ2) is 4.79. The van der Waals surface area contributed by atoms with E-state index in [0.717, 1.165) is 5.56 Å². The lowest BCUT2D eigenvalue weighted by molar-refractivity contribution is 0.0543. The van der Waals surface area contributed by atoms with Gasteiger partial charge in [-0.1, -0.05) is 19.9 Å². The van der Waals surface area contributed by atoms with Gasteiger partial charge in [-0.3, -0.25) is 0 Å². The topological polar surface area (TPSA) is 46.2 Å². The first-order valence-electron chi connectivity index (χ1n) is 6.17. The monoisotopic (exact) mass is 235 g/mol.